The van der Waals surface area contributed by atoms with Gasteiger partial charge in [0.15, 0.2) is 0 Å². The summed E-state index contributed by atoms with van der Waals surface area (Å²) in [6, 6.07) is 72.5. The van der Waals surface area contributed by atoms with Crippen LogP contribution in [0.3, 0.4) is 0 Å². The molecule has 0 aliphatic rings. The first-order chi connectivity index (χ1) is 30.4. The maximum atomic E-state index is 6.66. The lowest BCUT2D eigenvalue weighted by Crippen LogP contribution is -2.46. The summed E-state index contributed by atoms with van der Waals surface area (Å²) in [5, 5.41) is 7.05. The Hall–Kier alpha value is -7.42. The Morgan fingerprint density at radius 3 is 1.63 bits per heavy atom. The van der Waals surface area contributed by atoms with Crippen LogP contribution in [0.2, 0.25) is 0 Å². The molecule has 0 radical (unpaired) electrons. The number of benzene rings is 10. The smallest absolute Gasteiger partial charge is 0.143 e. The average Bonchev–Trinajstić information content (AvgIpc) is 3.72. The molecule has 0 bridgehead atoms. The molecule has 0 amide bonds. The van der Waals surface area contributed by atoms with Gasteiger partial charge in [0.2, 0.25) is 0 Å². The van der Waals surface area contributed by atoms with Crippen LogP contribution in [-0.4, -0.2) is 31.4 Å². The van der Waals surface area contributed by atoms with Crippen LogP contribution in [0.25, 0.3) is 88.0 Å². The third-order valence-electron chi connectivity index (χ3n) is 13.1. The maximum Gasteiger partial charge on any atom is 0.143 e. The van der Waals surface area contributed by atoms with E-state index >= 15 is 0 Å². The third-order valence-corrected chi connectivity index (χ3v) is 13.1. The minimum absolute atomic E-state index is 0.892. The normalized spacial score (nSPS) is 11.5. The minimum atomic E-state index is 0.892. The molecule has 0 N–H and O–H groups in total. The predicted octanol–water partition coefficient (Wildman–Crippen LogP) is 9.06. The number of hydrogen-bond acceptors (Lipinski definition) is 2. The fourth-order valence-electron chi connectivity index (χ4n) is 9.85. The Morgan fingerprint density at radius 2 is 0.887 bits per heavy atom. The van der Waals surface area contributed by atoms with Gasteiger partial charge in [-0.05, 0) is 103 Å². The molecule has 0 atom stereocenters. The summed E-state index contributed by atoms with van der Waals surface area (Å²) in [5.41, 5.74) is 20.0. The second-order valence-corrected chi connectivity index (χ2v) is 16.6. The monoisotopic (exact) mass is 787 g/mol. The van der Waals surface area contributed by atoms with E-state index in [1.54, 1.807) is 0 Å². The van der Waals surface area contributed by atoms with Gasteiger partial charge in [-0.2, -0.15) is 0 Å². The number of fused-ring (bicyclic) bond motifs is 6. The Labute approximate surface area is 366 Å². The molecule has 62 heavy (non-hydrogen) atoms. The van der Waals surface area contributed by atoms with Crippen LogP contribution in [0.1, 0.15) is 0 Å². The second kappa shape index (κ2) is 15.2. The van der Waals surface area contributed by atoms with E-state index in [0.29, 0.717) is 0 Å². The fraction of sp³-hybridized carbons (Fsp3) is 0. The van der Waals surface area contributed by atoms with Crippen LogP contribution in [0.15, 0.2) is 205 Å². The first-order valence-electron chi connectivity index (χ1n) is 21.5. The topological polar surface area (TPSA) is 16.4 Å². The highest BCUT2D eigenvalue weighted by atomic mass is 16.3. The molecule has 6 heteroatoms. The van der Waals surface area contributed by atoms with E-state index in [2.05, 4.69) is 236 Å². The van der Waals surface area contributed by atoms with Crippen LogP contribution in [-0.2, 0) is 0 Å². The van der Waals surface area contributed by atoms with Crippen molar-refractivity contribution in [2.24, 2.45) is 0 Å². The molecule has 288 valence electrons. The molecule has 0 aliphatic carbocycles. The summed E-state index contributed by atoms with van der Waals surface area (Å²) in [6.07, 6.45) is 0. The molecule has 0 aliphatic heterocycles. The first-order valence-corrected chi connectivity index (χ1v) is 21.5. The van der Waals surface area contributed by atoms with Crippen LogP contribution < -0.4 is 26.8 Å². The van der Waals surface area contributed by atoms with Crippen molar-refractivity contribution in [2.45, 2.75) is 0 Å². The van der Waals surface area contributed by atoms with E-state index in [1.165, 1.54) is 77.1 Å². The summed E-state index contributed by atoms with van der Waals surface area (Å²) in [7, 11) is 9.20. The highest BCUT2D eigenvalue weighted by molar-refractivity contribution is 6.63. The van der Waals surface area contributed by atoms with Gasteiger partial charge in [0, 0.05) is 33.2 Å². The van der Waals surface area contributed by atoms with Gasteiger partial charge < -0.3 is 9.32 Å². The van der Waals surface area contributed by atoms with Crippen LogP contribution in [0, 0.1) is 0 Å². The van der Waals surface area contributed by atoms with Gasteiger partial charge in [-0.1, -0.05) is 180 Å². The molecule has 0 fully saturated rings. The average molecular weight is 787 g/mol. The molecule has 0 spiro atoms. The van der Waals surface area contributed by atoms with Crippen molar-refractivity contribution in [3.05, 3.63) is 200 Å². The van der Waals surface area contributed by atoms with Gasteiger partial charge in [-0.25, -0.2) is 0 Å². The molecule has 11 aromatic rings. The molecule has 11 rings (SSSR count). The Morgan fingerprint density at radius 1 is 0.355 bits per heavy atom. The lowest BCUT2D eigenvalue weighted by atomic mass is 9.64. The van der Waals surface area contributed by atoms with Crippen molar-refractivity contribution >= 4 is 114 Å². The van der Waals surface area contributed by atoms with E-state index in [9.17, 15) is 0 Å². The van der Waals surface area contributed by atoms with Crippen molar-refractivity contribution in [3.8, 4) is 44.5 Å². The highest BCUT2D eigenvalue weighted by Gasteiger charge is 2.24. The molecule has 0 saturated carbocycles. The Balaban J connectivity index is 1.12. The van der Waals surface area contributed by atoms with Gasteiger partial charge in [0.05, 0.1) is 0 Å². The third kappa shape index (κ3) is 6.25. The number of anilines is 3. The molecule has 0 saturated heterocycles. The zero-order valence-corrected chi connectivity index (χ0v) is 35.4. The van der Waals surface area contributed by atoms with E-state index in [4.69, 9.17) is 4.42 Å². The molecule has 1 heterocycles. The summed E-state index contributed by atoms with van der Waals surface area (Å²) in [4.78, 5) is 2.49. The summed E-state index contributed by atoms with van der Waals surface area (Å²) in [5.74, 6) is 0. The van der Waals surface area contributed by atoms with Gasteiger partial charge in [-0.3, -0.25) is 0 Å². The van der Waals surface area contributed by atoms with E-state index in [-0.39, 0.29) is 0 Å². The first kappa shape index (κ1) is 37.6. The van der Waals surface area contributed by atoms with Crippen molar-refractivity contribution in [3.63, 3.8) is 0 Å². The Bertz CT molecular complexity index is 3510. The Kier molecular flexibility index (Phi) is 9.24. The molecule has 0 unspecified atom stereocenters. The van der Waals surface area contributed by atoms with Crippen molar-refractivity contribution in [1.29, 1.82) is 0 Å². The largest absolute Gasteiger partial charge is 0.455 e. The van der Waals surface area contributed by atoms with Gasteiger partial charge in [0.1, 0.15) is 42.6 Å². The summed E-state index contributed by atoms with van der Waals surface area (Å²) >= 11 is 0. The zero-order chi connectivity index (χ0) is 41.9. The molecular weight excluding hydrogens is 746 g/mol. The number of hydrogen-bond donors (Lipinski definition) is 0. The lowest BCUT2D eigenvalue weighted by molar-refractivity contribution is 0.673. The van der Waals surface area contributed by atoms with Gasteiger partial charge in [-0.15, -0.1) is 0 Å². The van der Waals surface area contributed by atoms with Crippen molar-refractivity contribution in [1.82, 2.24) is 0 Å². The molecule has 1 aromatic heterocycles. The zero-order valence-electron chi connectivity index (χ0n) is 35.4. The summed E-state index contributed by atoms with van der Waals surface area (Å²) < 4.78 is 6.66. The van der Waals surface area contributed by atoms with E-state index in [1.807, 2.05) is 0 Å². The fourth-order valence-corrected chi connectivity index (χ4v) is 9.85. The standard InChI is InChI=1S/C56H41B4NO/c57-51-49(40-21-8-18-37(31-40)34-13-2-1-3-14-34)52(58)54(60)55(53(51)59)61(41-22-9-19-38(32-41)44-26-11-17-35-15-4-6-24-43(35)44)42-23-10-20-39(33-42)45-27-12-28-48-50(45)47-30-29-36-16-5-7-25-46(36)56(47)62-48/h1-33H,57-60H2. The number of rotatable bonds is 7. The molecular formula is C56H41B4NO. The number of nitrogens with zero attached hydrogens (tertiary/aromatic N) is 1. The second-order valence-electron chi connectivity index (χ2n) is 16.6. The van der Waals surface area contributed by atoms with Crippen LogP contribution >= 0.6 is 0 Å². The van der Waals surface area contributed by atoms with Crippen molar-refractivity contribution < 1.29 is 4.42 Å². The van der Waals surface area contributed by atoms with Gasteiger partial charge in [0.25, 0.3) is 0 Å². The lowest BCUT2D eigenvalue weighted by Gasteiger charge is -2.33. The quantitative estimate of drug-likeness (QED) is 0.150. The molecule has 2 nitrogen and oxygen atoms in total. The molecule has 10 aromatic carbocycles. The van der Waals surface area contributed by atoms with Crippen molar-refractivity contribution in [2.75, 3.05) is 4.90 Å². The number of furan rings is 1. The predicted molar refractivity (Wildman–Crippen MR) is 278 cm³/mol. The highest BCUT2D eigenvalue weighted by Crippen LogP contribution is 2.42. The SMILES string of the molecule is Bc1c(B)c(N(c2cccc(-c3cccc4ccccc34)c2)c2cccc(-c3cccc4oc5c6ccccc6ccc5c34)c2)c(B)c(B)c1-c1cccc(-c2ccccc2)c1. The van der Waals surface area contributed by atoms with Crippen LogP contribution in [0.5, 0.6) is 0 Å². The maximum absolute atomic E-state index is 6.66. The van der Waals surface area contributed by atoms with E-state index in [0.717, 1.165) is 49.8 Å². The summed E-state index contributed by atoms with van der Waals surface area (Å²) in [6.45, 7) is 0. The minimum Gasteiger partial charge on any atom is -0.455 e. The van der Waals surface area contributed by atoms with Crippen LogP contribution in [0.4, 0.5) is 17.1 Å². The van der Waals surface area contributed by atoms with E-state index < -0.39 is 0 Å². The van der Waals surface area contributed by atoms with Gasteiger partial charge >= 0.3 is 0 Å².